The van der Waals surface area contributed by atoms with E-state index in [2.05, 4.69) is 23.9 Å². The molecule has 0 aliphatic rings. The molecule has 1 aromatic rings. The molecule has 3 nitrogen and oxygen atoms in total. The second-order valence-electron chi connectivity index (χ2n) is 4.25. The minimum Gasteiger partial charge on any atom is -0.387 e. The van der Waals surface area contributed by atoms with Crippen molar-refractivity contribution in [2.75, 3.05) is 18.5 Å². The summed E-state index contributed by atoms with van der Waals surface area (Å²) in [6.07, 6.45) is 5.06. The molecule has 1 N–H and O–H groups in total. The van der Waals surface area contributed by atoms with E-state index in [1.807, 2.05) is 18.3 Å². The molecule has 0 unspecified atom stereocenters. The lowest BCUT2D eigenvalue weighted by molar-refractivity contribution is 0.194. The normalized spacial score (nSPS) is 12.5. The van der Waals surface area contributed by atoms with Crippen LogP contribution in [0.15, 0.2) is 18.3 Å². The first kappa shape index (κ1) is 13.0. The summed E-state index contributed by atoms with van der Waals surface area (Å²) in [5, 5.41) is 9.35. The van der Waals surface area contributed by atoms with Crippen LogP contribution >= 0.6 is 0 Å². The molecule has 1 heterocycles. The number of anilines is 1. The van der Waals surface area contributed by atoms with Crippen LogP contribution in [0.5, 0.6) is 0 Å². The van der Waals surface area contributed by atoms with Crippen LogP contribution in [0.1, 0.15) is 44.9 Å². The second-order valence-corrected chi connectivity index (χ2v) is 4.25. The highest BCUT2D eigenvalue weighted by Crippen LogP contribution is 2.15. The van der Waals surface area contributed by atoms with E-state index in [-0.39, 0.29) is 0 Å². The third-order valence-corrected chi connectivity index (χ3v) is 2.74. The largest absolute Gasteiger partial charge is 0.387 e. The first-order valence-corrected chi connectivity index (χ1v) is 6.00. The van der Waals surface area contributed by atoms with Crippen LogP contribution in [0.2, 0.25) is 0 Å². The van der Waals surface area contributed by atoms with E-state index in [9.17, 15) is 5.11 Å². The van der Waals surface area contributed by atoms with E-state index in [1.165, 1.54) is 19.3 Å². The number of rotatable bonds is 6. The molecule has 0 bridgehead atoms. The molecule has 0 saturated carbocycles. The van der Waals surface area contributed by atoms with Crippen LogP contribution in [-0.4, -0.2) is 23.7 Å². The number of aliphatic hydroxyl groups is 1. The van der Waals surface area contributed by atoms with Gasteiger partial charge >= 0.3 is 0 Å². The van der Waals surface area contributed by atoms with E-state index in [1.54, 1.807) is 6.92 Å². The van der Waals surface area contributed by atoms with Crippen molar-refractivity contribution in [3.63, 3.8) is 0 Å². The van der Waals surface area contributed by atoms with Crippen molar-refractivity contribution < 1.29 is 5.11 Å². The van der Waals surface area contributed by atoms with Crippen LogP contribution in [0, 0.1) is 0 Å². The zero-order chi connectivity index (χ0) is 12.0. The van der Waals surface area contributed by atoms with Crippen molar-refractivity contribution in [2.24, 2.45) is 0 Å². The predicted molar refractivity (Wildman–Crippen MR) is 67.7 cm³/mol. The van der Waals surface area contributed by atoms with Gasteiger partial charge in [0.25, 0.3) is 0 Å². The minimum atomic E-state index is -0.487. The minimum absolute atomic E-state index is 0.487. The lowest BCUT2D eigenvalue weighted by atomic mass is 10.2. The topological polar surface area (TPSA) is 36.4 Å². The number of unbranched alkanes of at least 4 members (excludes halogenated alkanes) is 2. The Kier molecular flexibility index (Phi) is 5.26. The third-order valence-electron chi connectivity index (χ3n) is 2.74. The van der Waals surface area contributed by atoms with Gasteiger partial charge in [0.2, 0.25) is 0 Å². The van der Waals surface area contributed by atoms with Gasteiger partial charge in [-0.25, -0.2) is 0 Å². The summed E-state index contributed by atoms with van der Waals surface area (Å²) < 4.78 is 0. The molecule has 90 valence electrons. The van der Waals surface area contributed by atoms with Crippen LogP contribution < -0.4 is 4.90 Å². The molecule has 0 amide bonds. The maximum atomic E-state index is 9.35. The number of hydrogen-bond donors (Lipinski definition) is 1. The molecule has 3 heteroatoms. The fourth-order valence-corrected chi connectivity index (χ4v) is 1.60. The van der Waals surface area contributed by atoms with Crippen molar-refractivity contribution >= 4 is 5.69 Å². The van der Waals surface area contributed by atoms with Gasteiger partial charge in [-0.05, 0) is 25.5 Å². The van der Waals surface area contributed by atoms with Gasteiger partial charge in [0, 0.05) is 13.6 Å². The Hall–Kier alpha value is -1.09. The van der Waals surface area contributed by atoms with Gasteiger partial charge in [-0.2, -0.15) is 0 Å². The highest BCUT2D eigenvalue weighted by molar-refractivity contribution is 5.43. The zero-order valence-electron chi connectivity index (χ0n) is 10.5. The number of aromatic nitrogens is 1. The molecule has 0 aliphatic heterocycles. The van der Waals surface area contributed by atoms with Gasteiger partial charge in [0.15, 0.2) is 0 Å². The number of nitrogens with zero attached hydrogens (tertiary/aromatic N) is 2. The Labute approximate surface area is 98.1 Å². The molecule has 1 rings (SSSR count). The van der Waals surface area contributed by atoms with Gasteiger partial charge in [0.1, 0.15) is 0 Å². The lowest BCUT2D eigenvalue weighted by Crippen LogP contribution is -2.18. The van der Waals surface area contributed by atoms with Crippen LogP contribution in [0.25, 0.3) is 0 Å². The quantitative estimate of drug-likeness (QED) is 0.752. The molecule has 0 aromatic carbocycles. The summed E-state index contributed by atoms with van der Waals surface area (Å²) in [4.78, 5) is 6.44. The summed E-state index contributed by atoms with van der Waals surface area (Å²) in [6.45, 7) is 5.00. The number of aliphatic hydroxyl groups excluding tert-OH is 1. The van der Waals surface area contributed by atoms with E-state index in [4.69, 9.17) is 0 Å². The molecule has 0 spiro atoms. The first-order chi connectivity index (χ1) is 7.65. The van der Waals surface area contributed by atoms with Gasteiger partial charge in [0.05, 0.1) is 23.7 Å². The van der Waals surface area contributed by atoms with Gasteiger partial charge in [-0.1, -0.05) is 19.8 Å². The Morgan fingerprint density at radius 2 is 2.12 bits per heavy atom. The van der Waals surface area contributed by atoms with Gasteiger partial charge in [-0.3, -0.25) is 4.98 Å². The summed E-state index contributed by atoms with van der Waals surface area (Å²) in [5.74, 6) is 0. The van der Waals surface area contributed by atoms with Crippen molar-refractivity contribution in [3.8, 4) is 0 Å². The molecule has 0 fully saturated rings. The molecule has 0 radical (unpaired) electrons. The fourth-order valence-electron chi connectivity index (χ4n) is 1.60. The third kappa shape index (κ3) is 3.81. The van der Waals surface area contributed by atoms with Crippen LogP contribution in [0.3, 0.4) is 0 Å². The fraction of sp³-hybridized carbons (Fsp3) is 0.615. The number of pyridine rings is 1. The van der Waals surface area contributed by atoms with Crippen molar-refractivity contribution in [1.82, 2.24) is 4.98 Å². The SMILES string of the molecule is CCCCCN(C)c1ccc([C@@H](C)O)nc1. The highest BCUT2D eigenvalue weighted by atomic mass is 16.3. The van der Waals surface area contributed by atoms with E-state index in [0.29, 0.717) is 0 Å². The summed E-state index contributed by atoms with van der Waals surface area (Å²) in [6, 6.07) is 3.90. The van der Waals surface area contributed by atoms with Gasteiger partial charge < -0.3 is 10.0 Å². The summed E-state index contributed by atoms with van der Waals surface area (Å²) in [5.41, 5.74) is 1.84. The lowest BCUT2D eigenvalue weighted by Gasteiger charge is -2.19. The predicted octanol–water partition coefficient (Wildman–Crippen LogP) is 2.76. The van der Waals surface area contributed by atoms with Crippen molar-refractivity contribution in [3.05, 3.63) is 24.0 Å². The standard InChI is InChI=1S/C13H22N2O/c1-4-5-6-9-15(3)12-7-8-13(11(2)16)14-10-12/h7-8,10-11,16H,4-6,9H2,1-3H3/t11-/m1/s1. The van der Waals surface area contributed by atoms with E-state index < -0.39 is 6.10 Å². The Morgan fingerprint density at radius 1 is 1.38 bits per heavy atom. The zero-order valence-corrected chi connectivity index (χ0v) is 10.5. The first-order valence-electron chi connectivity index (χ1n) is 6.00. The molecule has 16 heavy (non-hydrogen) atoms. The smallest absolute Gasteiger partial charge is 0.0931 e. The molecule has 0 saturated heterocycles. The molecular weight excluding hydrogens is 200 g/mol. The Bertz CT molecular complexity index is 295. The van der Waals surface area contributed by atoms with Crippen molar-refractivity contribution in [2.45, 2.75) is 39.2 Å². The maximum Gasteiger partial charge on any atom is 0.0931 e. The Balaban J connectivity index is 2.52. The van der Waals surface area contributed by atoms with E-state index in [0.717, 1.165) is 17.9 Å². The van der Waals surface area contributed by atoms with E-state index >= 15 is 0 Å². The maximum absolute atomic E-state index is 9.35. The van der Waals surface area contributed by atoms with Crippen LogP contribution in [0.4, 0.5) is 5.69 Å². The summed E-state index contributed by atoms with van der Waals surface area (Å²) in [7, 11) is 2.08. The second kappa shape index (κ2) is 6.48. The van der Waals surface area contributed by atoms with Crippen LogP contribution in [-0.2, 0) is 0 Å². The average molecular weight is 222 g/mol. The Morgan fingerprint density at radius 3 is 2.62 bits per heavy atom. The molecular formula is C13H22N2O. The highest BCUT2D eigenvalue weighted by Gasteiger charge is 2.04. The molecule has 1 atom stereocenters. The monoisotopic (exact) mass is 222 g/mol. The summed E-state index contributed by atoms with van der Waals surface area (Å²) >= 11 is 0. The molecule has 0 aliphatic carbocycles. The number of hydrogen-bond acceptors (Lipinski definition) is 3. The molecule has 1 aromatic heterocycles. The average Bonchev–Trinajstić information content (AvgIpc) is 2.29. The van der Waals surface area contributed by atoms with Gasteiger partial charge in [-0.15, -0.1) is 0 Å². The van der Waals surface area contributed by atoms with Crippen molar-refractivity contribution in [1.29, 1.82) is 0 Å².